The van der Waals surface area contributed by atoms with Gasteiger partial charge in [-0.25, -0.2) is 0 Å². The molecule has 0 aliphatic heterocycles. The van der Waals surface area contributed by atoms with Crippen molar-refractivity contribution in [1.82, 2.24) is 0 Å². The summed E-state index contributed by atoms with van der Waals surface area (Å²) in [5, 5.41) is 0. The fourth-order valence-electron chi connectivity index (χ4n) is 6.52. The molecular weight excluding hydrogens is 180 g/mol. The largest absolute Gasteiger partial charge is 0.0874 e. The molecule has 0 heteroatoms. The van der Waals surface area contributed by atoms with Crippen LogP contribution in [0.15, 0.2) is 12.2 Å². The Morgan fingerprint density at radius 3 is 2.47 bits per heavy atom. The zero-order valence-corrected chi connectivity index (χ0v) is 10.4. The Kier molecular flexibility index (Phi) is 1.09. The summed E-state index contributed by atoms with van der Waals surface area (Å²) in [4.78, 5) is 0. The fraction of sp³-hybridized carbons (Fsp3) is 0.867. The molecule has 82 valence electrons. The van der Waals surface area contributed by atoms with Crippen molar-refractivity contribution in [3.8, 4) is 0 Å². The van der Waals surface area contributed by atoms with E-state index in [-0.39, 0.29) is 0 Å². The van der Waals surface area contributed by atoms with Crippen LogP contribution in [0.1, 0.15) is 47.0 Å². The quantitative estimate of drug-likeness (QED) is 0.520. The molecule has 0 radical (unpaired) electrons. The first kappa shape index (κ1) is 8.84. The van der Waals surface area contributed by atoms with Crippen LogP contribution in [0, 0.1) is 33.5 Å². The fourth-order valence-corrected chi connectivity index (χ4v) is 6.52. The van der Waals surface area contributed by atoms with E-state index in [0.717, 1.165) is 11.8 Å². The molecule has 0 N–H and O–H groups in total. The Morgan fingerprint density at radius 1 is 1.13 bits per heavy atom. The third-order valence-corrected chi connectivity index (χ3v) is 7.19. The van der Waals surface area contributed by atoms with E-state index >= 15 is 0 Å². The molecule has 1 unspecified atom stereocenters. The Bertz CT molecular complexity index is 387. The smallest absolute Gasteiger partial charge is 0.00343 e. The molecule has 0 aromatic rings. The summed E-state index contributed by atoms with van der Waals surface area (Å²) in [6.07, 6.45) is 9.50. The van der Waals surface area contributed by atoms with Crippen molar-refractivity contribution in [2.75, 3.05) is 0 Å². The van der Waals surface area contributed by atoms with Crippen LogP contribution in [0.2, 0.25) is 0 Å². The summed E-state index contributed by atoms with van der Waals surface area (Å²) in [7, 11) is 0. The lowest BCUT2D eigenvalue weighted by molar-refractivity contribution is 0.126. The average Bonchev–Trinajstić information content (AvgIpc) is 2.40. The normalized spacial score (nSPS) is 60.5. The molecule has 5 aliphatic rings. The summed E-state index contributed by atoms with van der Waals surface area (Å²) in [5.41, 5.74) is 2.48. The minimum Gasteiger partial charge on any atom is -0.0874 e. The molecule has 15 heavy (non-hydrogen) atoms. The monoisotopic (exact) mass is 202 g/mol. The summed E-state index contributed by atoms with van der Waals surface area (Å²) in [6, 6.07) is 0. The molecule has 0 amide bonds. The van der Waals surface area contributed by atoms with E-state index < -0.39 is 0 Å². The van der Waals surface area contributed by atoms with Gasteiger partial charge in [-0.3, -0.25) is 0 Å². The minimum atomic E-state index is 0.564. The van der Waals surface area contributed by atoms with Gasteiger partial charge < -0.3 is 0 Å². The number of hydrogen-bond donors (Lipinski definition) is 0. The van der Waals surface area contributed by atoms with Crippen LogP contribution < -0.4 is 0 Å². The van der Waals surface area contributed by atoms with Crippen molar-refractivity contribution in [2.24, 2.45) is 33.5 Å². The molecular formula is C15H22. The average molecular weight is 202 g/mol. The molecule has 0 aromatic carbocycles. The van der Waals surface area contributed by atoms with E-state index in [1.54, 1.807) is 0 Å². The molecule has 5 aliphatic carbocycles. The third kappa shape index (κ3) is 0.531. The maximum Gasteiger partial charge on any atom is 0.00343 e. The van der Waals surface area contributed by atoms with Gasteiger partial charge in [0.05, 0.1) is 0 Å². The van der Waals surface area contributed by atoms with Crippen LogP contribution in [0.5, 0.6) is 0 Å². The molecule has 4 saturated carbocycles. The maximum absolute atomic E-state index is 2.63. The van der Waals surface area contributed by atoms with Gasteiger partial charge in [-0.2, -0.15) is 0 Å². The zero-order valence-electron chi connectivity index (χ0n) is 10.4. The summed E-state index contributed by atoms with van der Waals surface area (Å²) < 4.78 is 0. The minimum absolute atomic E-state index is 0.564. The van der Waals surface area contributed by atoms with E-state index in [2.05, 4.69) is 39.8 Å². The molecule has 0 saturated heterocycles. The van der Waals surface area contributed by atoms with E-state index in [4.69, 9.17) is 0 Å². The molecule has 0 heterocycles. The molecule has 0 nitrogen and oxygen atoms in total. The maximum atomic E-state index is 2.63. The van der Waals surface area contributed by atoms with Crippen molar-refractivity contribution >= 4 is 0 Å². The van der Waals surface area contributed by atoms with Gasteiger partial charge in [-0.1, -0.05) is 39.8 Å². The highest BCUT2D eigenvalue weighted by Gasteiger charge is 2.92. The van der Waals surface area contributed by atoms with Crippen molar-refractivity contribution in [1.29, 1.82) is 0 Å². The second-order valence-corrected chi connectivity index (χ2v) is 7.74. The van der Waals surface area contributed by atoms with Crippen molar-refractivity contribution in [3.63, 3.8) is 0 Å². The van der Waals surface area contributed by atoms with Crippen LogP contribution in [0.25, 0.3) is 0 Å². The molecule has 0 aromatic heterocycles. The van der Waals surface area contributed by atoms with E-state index in [1.165, 1.54) is 19.3 Å². The molecule has 4 atom stereocenters. The van der Waals surface area contributed by atoms with Crippen molar-refractivity contribution in [3.05, 3.63) is 12.2 Å². The predicted molar refractivity (Wildman–Crippen MR) is 62.4 cm³/mol. The first-order valence-electron chi connectivity index (χ1n) is 6.58. The molecule has 4 fully saturated rings. The van der Waals surface area contributed by atoms with Gasteiger partial charge in [0.15, 0.2) is 0 Å². The van der Waals surface area contributed by atoms with Crippen LogP contribution >= 0.6 is 0 Å². The first-order valence-corrected chi connectivity index (χ1v) is 6.58. The van der Waals surface area contributed by atoms with Gasteiger partial charge in [0.2, 0.25) is 0 Å². The van der Waals surface area contributed by atoms with Crippen LogP contribution in [-0.2, 0) is 0 Å². The number of rotatable bonds is 0. The second kappa shape index (κ2) is 1.85. The van der Waals surface area contributed by atoms with Gasteiger partial charge in [0.25, 0.3) is 0 Å². The number of hydrogen-bond acceptors (Lipinski definition) is 0. The molecule has 2 spiro atoms. The lowest BCUT2D eigenvalue weighted by atomic mass is 9.64. The third-order valence-electron chi connectivity index (χ3n) is 7.19. The van der Waals surface area contributed by atoms with E-state index in [9.17, 15) is 0 Å². The van der Waals surface area contributed by atoms with Gasteiger partial charge >= 0.3 is 0 Å². The Morgan fingerprint density at radius 2 is 1.87 bits per heavy atom. The van der Waals surface area contributed by atoms with Gasteiger partial charge in [-0.15, -0.1) is 0 Å². The standard InChI is InChI=1S/C15H22/c1-12(2)6-5-7-14-11-8-10(13(14,3)4)9-15(11,12)14/h5,7,10-11H,6,8-9H2,1-4H3/t10?,11-,14+,15+/m0/s1. The summed E-state index contributed by atoms with van der Waals surface area (Å²) in [5.74, 6) is 2.06. The van der Waals surface area contributed by atoms with E-state index in [1.807, 2.05) is 0 Å². The lowest BCUT2D eigenvalue weighted by Crippen LogP contribution is -2.33. The van der Waals surface area contributed by atoms with E-state index in [0.29, 0.717) is 21.7 Å². The second-order valence-electron chi connectivity index (χ2n) is 7.74. The SMILES string of the molecule is CC1(C)C2C[C@H]3[C@]14C=CCC(C)(C)[C@@]34C2. The van der Waals surface area contributed by atoms with Gasteiger partial charge in [0.1, 0.15) is 0 Å². The van der Waals surface area contributed by atoms with Crippen molar-refractivity contribution < 1.29 is 0 Å². The lowest BCUT2D eigenvalue weighted by Gasteiger charge is -2.40. The van der Waals surface area contributed by atoms with Crippen LogP contribution in [-0.4, -0.2) is 0 Å². The predicted octanol–water partition coefficient (Wildman–Crippen LogP) is 4.02. The van der Waals surface area contributed by atoms with Crippen LogP contribution in [0.4, 0.5) is 0 Å². The summed E-state index contributed by atoms with van der Waals surface area (Å²) >= 11 is 0. The topological polar surface area (TPSA) is 0 Å². The highest BCUT2D eigenvalue weighted by molar-refractivity contribution is 5.46. The van der Waals surface area contributed by atoms with Crippen LogP contribution in [0.3, 0.4) is 0 Å². The molecule has 4 bridgehead atoms. The Balaban J connectivity index is 2.00. The molecule has 5 rings (SSSR count). The van der Waals surface area contributed by atoms with Gasteiger partial charge in [0, 0.05) is 5.41 Å². The highest BCUT2D eigenvalue weighted by atomic mass is 15.0. The summed E-state index contributed by atoms with van der Waals surface area (Å²) in [6.45, 7) is 10.1. The first-order chi connectivity index (χ1) is 6.90. The Hall–Kier alpha value is -0.260. The zero-order chi connectivity index (χ0) is 10.7. The Labute approximate surface area is 93.1 Å². The highest BCUT2D eigenvalue weighted by Crippen LogP contribution is 2.98. The number of allylic oxidation sites excluding steroid dienone is 2. The van der Waals surface area contributed by atoms with Crippen molar-refractivity contribution in [2.45, 2.75) is 47.0 Å². The van der Waals surface area contributed by atoms with Gasteiger partial charge in [-0.05, 0) is 47.3 Å².